The van der Waals surface area contributed by atoms with E-state index in [1.165, 1.54) is 11.3 Å². The first kappa shape index (κ1) is 13.5. The lowest BCUT2D eigenvalue weighted by Gasteiger charge is -2.00. The van der Waals surface area contributed by atoms with Crippen LogP contribution in [0.15, 0.2) is 0 Å². The molecule has 0 amide bonds. The number of ether oxygens (including phenoxy) is 1. The molecule has 0 radical (unpaired) electrons. The minimum absolute atomic E-state index is 0.283. The Morgan fingerprint density at radius 1 is 1.50 bits per heavy atom. The third kappa shape index (κ3) is 4.11. The largest absolute Gasteiger partial charge is 0.375 e. The van der Waals surface area contributed by atoms with Crippen LogP contribution in [0.3, 0.4) is 0 Å². The van der Waals surface area contributed by atoms with Crippen LogP contribution in [0.4, 0.5) is 8.78 Å². The highest BCUT2D eigenvalue weighted by Crippen LogP contribution is 2.19. The van der Waals surface area contributed by atoms with Gasteiger partial charge in [-0.15, -0.1) is 11.3 Å². The number of nitrogens with zero attached hydrogens (tertiary/aromatic N) is 1. The average Bonchev–Trinajstić information content (AvgIpc) is 2.66. The molecule has 0 spiro atoms. The van der Waals surface area contributed by atoms with Crippen molar-refractivity contribution in [3.8, 4) is 0 Å². The summed E-state index contributed by atoms with van der Waals surface area (Å²) in [4.78, 5) is 5.46. The number of thiazole rings is 1. The molecule has 1 aromatic rings. The number of rotatable bonds is 7. The van der Waals surface area contributed by atoms with E-state index in [9.17, 15) is 8.78 Å². The van der Waals surface area contributed by atoms with E-state index in [-0.39, 0.29) is 6.61 Å². The van der Waals surface area contributed by atoms with E-state index in [0.29, 0.717) is 13.0 Å². The molecule has 0 aliphatic rings. The fourth-order valence-electron chi connectivity index (χ4n) is 1.31. The molecule has 0 fully saturated rings. The van der Waals surface area contributed by atoms with Crippen molar-refractivity contribution in [1.29, 1.82) is 0 Å². The van der Waals surface area contributed by atoms with Crippen LogP contribution in [0.5, 0.6) is 0 Å². The van der Waals surface area contributed by atoms with E-state index in [1.807, 2.05) is 6.92 Å². The number of hydrogen-bond donors (Lipinski definition) is 1. The molecule has 2 N–H and O–H groups in total. The van der Waals surface area contributed by atoms with Crippen LogP contribution in [0.2, 0.25) is 0 Å². The zero-order valence-corrected chi connectivity index (χ0v) is 10.0. The monoisotopic (exact) mass is 250 g/mol. The molecule has 3 nitrogen and oxygen atoms in total. The fourth-order valence-corrected chi connectivity index (χ4v) is 2.33. The van der Waals surface area contributed by atoms with Crippen molar-refractivity contribution >= 4 is 11.3 Å². The van der Waals surface area contributed by atoms with E-state index >= 15 is 0 Å². The summed E-state index contributed by atoms with van der Waals surface area (Å²) in [6, 6.07) is 0. The minimum Gasteiger partial charge on any atom is -0.375 e. The van der Waals surface area contributed by atoms with Crippen LogP contribution < -0.4 is 5.73 Å². The molecule has 1 heterocycles. The Labute approximate surface area is 97.6 Å². The van der Waals surface area contributed by atoms with Gasteiger partial charge in [0.15, 0.2) is 0 Å². The molecule has 0 unspecified atom stereocenters. The smallest absolute Gasteiger partial charge is 0.261 e. The second-order valence-electron chi connectivity index (χ2n) is 3.25. The molecular weight excluding hydrogens is 234 g/mol. The van der Waals surface area contributed by atoms with Gasteiger partial charge in [-0.3, -0.25) is 0 Å². The van der Waals surface area contributed by atoms with E-state index in [4.69, 9.17) is 10.5 Å². The third-order valence-electron chi connectivity index (χ3n) is 2.05. The fraction of sp³-hybridized carbons (Fsp3) is 0.700. The Bertz CT molecular complexity index is 296. The van der Waals surface area contributed by atoms with Gasteiger partial charge in [0.25, 0.3) is 6.43 Å². The highest BCUT2D eigenvalue weighted by atomic mass is 32.1. The quantitative estimate of drug-likeness (QED) is 0.753. The minimum atomic E-state index is -2.40. The summed E-state index contributed by atoms with van der Waals surface area (Å²) in [5.74, 6) is 0. The van der Waals surface area contributed by atoms with Gasteiger partial charge in [-0.05, 0) is 6.42 Å². The van der Waals surface area contributed by atoms with Crippen molar-refractivity contribution < 1.29 is 13.5 Å². The number of hydrogen-bond acceptors (Lipinski definition) is 4. The molecule has 0 atom stereocenters. The first-order valence-electron chi connectivity index (χ1n) is 5.20. The Balaban J connectivity index is 2.39. The summed E-state index contributed by atoms with van der Waals surface area (Å²) in [7, 11) is 0. The van der Waals surface area contributed by atoms with Crippen LogP contribution in [0.25, 0.3) is 0 Å². The molecule has 6 heteroatoms. The summed E-state index contributed by atoms with van der Waals surface area (Å²) < 4.78 is 28.4. The molecule has 92 valence electrons. The Morgan fingerprint density at radius 2 is 2.25 bits per heavy atom. The Kier molecular flexibility index (Phi) is 5.79. The molecule has 0 aliphatic heterocycles. The predicted octanol–water partition coefficient (Wildman–Crippen LogP) is 1.99. The normalized spacial score (nSPS) is 11.3. The summed E-state index contributed by atoms with van der Waals surface area (Å²) in [6.45, 7) is 2.28. The van der Waals surface area contributed by atoms with Crippen molar-refractivity contribution in [3.05, 3.63) is 15.6 Å². The van der Waals surface area contributed by atoms with Crippen molar-refractivity contribution in [2.24, 2.45) is 5.73 Å². The number of aromatic nitrogens is 1. The molecular formula is C10H16F2N2OS. The van der Waals surface area contributed by atoms with Crippen molar-refractivity contribution in [1.82, 2.24) is 4.98 Å². The van der Waals surface area contributed by atoms with Crippen LogP contribution in [-0.4, -0.2) is 24.6 Å². The van der Waals surface area contributed by atoms with Gasteiger partial charge < -0.3 is 10.5 Å². The summed E-state index contributed by atoms with van der Waals surface area (Å²) >= 11 is 1.54. The standard InChI is InChI=1S/C10H16F2N2OS/c1-2-7-8(5-13)16-10(14-7)3-4-15-6-9(11)12/h9H,2-6,13H2,1H3. The van der Waals surface area contributed by atoms with Gasteiger partial charge >= 0.3 is 0 Å². The zero-order chi connectivity index (χ0) is 12.0. The first-order chi connectivity index (χ1) is 7.67. The van der Waals surface area contributed by atoms with Gasteiger partial charge in [0, 0.05) is 17.8 Å². The number of alkyl halides is 2. The van der Waals surface area contributed by atoms with E-state index in [0.717, 1.165) is 22.0 Å². The number of aryl methyl sites for hydroxylation is 1. The van der Waals surface area contributed by atoms with E-state index < -0.39 is 13.0 Å². The molecule has 1 rings (SSSR count). The first-order valence-corrected chi connectivity index (χ1v) is 6.02. The lowest BCUT2D eigenvalue weighted by atomic mass is 10.3. The molecule has 0 saturated heterocycles. The van der Waals surface area contributed by atoms with Crippen LogP contribution in [0, 0.1) is 0 Å². The molecule has 0 saturated carbocycles. The third-order valence-corrected chi connectivity index (χ3v) is 3.23. The van der Waals surface area contributed by atoms with Crippen LogP contribution in [-0.2, 0) is 24.1 Å². The van der Waals surface area contributed by atoms with E-state index in [2.05, 4.69) is 4.98 Å². The maximum atomic E-state index is 11.8. The van der Waals surface area contributed by atoms with E-state index in [1.54, 1.807) is 0 Å². The van der Waals surface area contributed by atoms with Gasteiger partial charge in [-0.1, -0.05) is 6.92 Å². The van der Waals surface area contributed by atoms with Gasteiger partial charge in [0.05, 0.1) is 17.3 Å². The molecule has 16 heavy (non-hydrogen) atoms. The molecule has 1 aromatic heterocycles. The van der Waals surface area contributed by atoms with Gasteiger partial charge in [0.2, 0.25) is 0 Å². The number of nitrogens with two attached hydrogens (primary N) is 1. The lowest BCUT2D eigenvalue weighted by molar-refractivity contribution is 0.0187. The van der Waals surface area contributed by atoms with Gasteiger partial charge in [0.1, 0.15) is 6.61 Å². The summed E-state index contributed by atoms with van der Waals surface area (Å²) in [5, 5.41) is 0.909. The summed E-state index contributed by atoms with van der Waals surface area (Å²) in [5.41, 5.74) is 6.58. The van der Waals surface area contributed by atoms with Gasteiger partial charge in [-0.2, -0.15) is 0 Å². The molecule has 0 aliphatic carbocycles. The van der Waals surface area contributed by atoms with Crippen molar-refractivity contribution in [2.45, 2.75) is 32.7 Å². The average molecular weight is 250 g/mol. The van der Waals surface area contributed by atoms with Crippen LogP contribution >= 0.6 is 11.3 Å². The number of halogens is 2. The van der Waals surface area contributed by atoms with Crippen molar-refractivity contribution in [2.75, 3.05) is 13.2 Å². The second kappa shape index (κ2) is 6.88. The SMILES string of the molecule is CCc1nc(CCOCC(F)F)sc1CN. The van der Waals surface area contributed by atoms with Crippen LogP contribution in [0.1, 0.15) is 22.5 Å². The lowest BCUT2D eigenvalue weighted by Crippen LogP contribution is -2.06. The Hall–Kier alpha value is -0.590. The summed E-state index contributed by atoms with van der Waals surface area (Å²) in [6.07, 6.45) is -0.979. The topological polar surface area (TPSA) is 48.1 Å². The van der Waals surface area contributed by atoms with Gasteiger partial charge in [-0.25, -0.2) is 13.8 Å². The molecule has 0 aromatic carbocycles. The van der Waals surface area contributed by atoms with Crippen molar-refractivity contribution in [3.63, 3.8) is 0 Å². The highest BCUT2D eigenvalue weighted by molar-refractivity contribution is 7.11. The highest BCUT2D eigenvalue weighted by Gasteiger charge is 2.08. The second-order valence-corrected chi connectivity index (χ2v) is 4.42. The Morgan fingerprint density at radius 3 is 2.75 bits per heavy atom. The predicted molar refractivity (Wildman–Crippen MR) is 59.9 cm³/mol. The zero-order valence-electron chi connectivity index (χ0n) is 9.21. The maximum Gasteiger partial charge on any atom is 0.261 e. The molecule has 0 bridgehead atoms. The maximum absolute atomic E-state index is 11.8.